The molecule has 0 saturated heterocycles. The van der Waals surface area contributed by atoms with Crippen molar-refractivity contribution in [1.29, 1.82) is 0 Å². The van der Waals surface area contributed by atoms with Crippen LogP contribution in [-0.2, 0) is 6.54 Å². The van der Waals surface area contributed by atoms with E-state index in [2.05, 4.69) is 26.8 Å². The van der Waals surface area contributed by atoms with Crippen molar-refractivity contribution in [3.05, 3.63) is 53.1 Å². The number of nitrogens with zero attached hydrogens (tertiary/aromatic N) is 3. The van der Waals surface area contributed by atoms with Crippen LogP contribution >= 0.6 is 11.6 Å². The minimum absolute atomic E-state index is 0.732. The Morgan fingerprint density at radius 2 is 2.05 bits per heavy atom. The van der Waals surface area contributed by atoms with Gasteiger partial charge in [-0.05, 0) is 44.2 Å². The molecule has 0 amide bonds. The molecule has 0 atom stereocenters. The van der Waals surface area contributed by atoms with E-state index in [1.165, 1.54) is 5.69 Å². The third-order valence-electron chi connectivity index (χ3n) is 3.66. The number of imidazole rings is 1. The molecule has 0 aliphatic heterocycles. The molecule has 0 bridgehead atoms. The average Bonchev–Trinajstić information content (AvgIpc) is 2.79. The molecule has 1 N–H and O–H groups in total. The molecular weight excluding hydrogens is 284 g/mol. The topological polar surface area (TPSA) is 42.7 Å². The van der Waals surface area contributed by atoms with Gasteiger partial charge < -0.3 is 9.88 Å². The summed E-state index contributed by atoms with van der Waals surface area (Å²) < 4.78 is 2.14. The molecular formula is C16H17ClN4. The summed E-state index contributed by atoms with van der Waals surface area (Å²) in [6.45, 7) is 5.78. The second-order valence-corrected chi connectivity index (χ2v) is 5.51. The number of aromatic nitrogens is 3. The van der Waals surface area contributed by atoms with E-state index in [-0.39, 0.29) is 0 Å². The van der Waals surface area contributed by atoms with Gasteiger partial charge in [-0.25, -0.2) is 9.97 Å². The fourth-order valence-electron chi connectivity index (χ4n) is 2.27. The Balaban J connectivity index is 1.68. The second-order valence-electron chi connectivity index (χ2n) is 5.07. The SMILES string of the molecule is Cc1ncn(CCNc2ccc3cc(Cl)ccc3n2)c1C. The summed E-state index contributed by atoms with van der Waals surface area (Å²) in [4.78, 5) is 8.88. The van der Waals surface area contributed by atoms with E-state index in [9.17, 15) is 0 Å². The molecule has 0 aliphatic carbocycles. The number of fused-ring (bicyclic) bond motifs is 1. The number of anilines is 1. The Labute approximate surface area is 128 Å². The standard InChI is InChI=1S/C16H17ClN4/c1-11-12(2)21(10-19-11)8-7-18-16-6-3-13-9-14(17)4-5-15(13)20-16/h3-6,9-10H,7-8H2,1-2H3,(H,18,20). The summed E-state index contributed by atoms with van der Waals surface area (Å²) in [5.74, 6) is 0.874. The molecule has 2 aromatic heterocycles. The first-order chi connectivity index (χ1) is 10.1. The van der Waals surface area contributed by atoms with Crippen LogP contribution in [0.1, 0.15) is 11.4 Å². The minimum atomic E-state index is 0.732. The van der Waals surface area contributed by atoms with Crippen molar-refractivity contribution in [2.75, 3.05) is 11.9 Å². The van der Waals surface area contributed by atoms with Gasteiger partial charge in [0.1, 0.15) is 5.82 Å². The Kier molecular flexibility index (Phi) is 3.80. The largest absolute Gasteiger partial charge is 0.368 e. The van der Waals surface area contributed by atoms with E-state index in [1.54, 1.807) is 0 Å². The third-order valence-corrected chi connectivity index (χ3v) is 3.89. The zero-order valence-electron chi connectivity index (χ0n) is 12.1. The molecule has 108 valence electrons. The number of rotatable bonds is 4. The fourth-order valence-corrected chi connectivity index (χ4v) is 2.45. The lowest BCUT2D eigenvalue weighted by Crippen LogP contribution is -2.11. The van der Waals surface area contributed by atoms with Gasteiger partial charge in [0.15, 0.2) is 0 Å². The summed E-state index contributed by atoms with van der Waals surface area (Å²) in [7, 11) is 0. The highest BCUT2D eigenvalue weighted by Crippen LogP contribution is 2.19. The Morgan fingerprint density at radius 1 is 1.19 bits per heavy atom. The molecule has 0 saturated carbocycles. The van der Waals surface area contributed by atoms with Crippen molar-refractivity contribution in [3.63, 3.8) is 0 Å². The Morgan fingerprint density at radius 3 is 2.81 bits per heavy atom. The summed E-state index contributed by atoms with van der Waals surface area (Å²) >= 11 is 5.97. The van der Waals surface area contributed by atoms with Crippen LogP contribution in [-0.4, -0.2) is 21.1 Å². The van der Waals surface area contributed by atoms with Crippen LogP contribution in [0.15, 0.2) is 36.7 Å². The van der Waals surface area contributed by atoms with Crippen LogP contribution < -0.4 is 5.32 Å². The molecule has 3 rings (SSSR count). The van der Waals surface area contributed by atoms with E-state index in [0.29, 0.717) is 0 Å². The first-order valence-electron chi connectivity index (χ1n) is 6.92. The molecule has 2 heterocycles. The quantitative estimate of drug-likeness (QED) is 0.796. The number of pyridine rings is 1. The maximum absolute atomic E-state index is 5.97. The van der Waals surface area contributed by atoms with Gasteiger partial charge in [-0.1, -0.05) is 11.6 Å². The second kappa shape index (κ2) is 5.74. The summed E-state index contributed by atoms with van der Waals surface area (Å²) in [5.41, 5.74) is 3.23. The van der Waals surface area contributed by atoms with Crippen molar-refractivity contribution in [2.45, 2.75) is 20.4 Å². The molecule has 0 aliphatic rings. The van der Waals surface area contributed by atoms with E-state index >= 15 is 0 Å². The number of benzene rings is 1. The van der Waals surface area contributed by atoms with Gasteiger partial charge in [0, 0.05) is 29.2 Å². The summed E-state index contributed by atoms with van der Waals surface area (Å²) in [5, 5.41) is 5.13. The number of nitrogens with one attached hydrogen (secondary N) is 1. The zero-order chi connectivity index (χ0) is 14.8. The van der Waals surface area contributed by atoms with Crippen molar-refractivity contribution in [3.8, 4) is 0 Å². The molecule has 0 radical (unpaired) electrons. The van der Waals surface area contributed by atoms with E-state index in [0.717, 1.165) is 40.5 Å². The normalized spacial score (nSPS) is 11.0. The predicted octanol–water partition coefficient (Wildman–Crippen LogP) is 3.81. The van der Waals surface area contributed by atoms with Crippen LogP contribution in [0.3, 0.4) is 0 Å². The number of hydrogen-bond acceptors (Lipinski definition) is 3. The molecule has 1 aromatic carbocycles. The van der Waals surface area contributed by atoms with Gasteiger partial charge in [0.2, 0.25) is 0 Å². The number of halogens is 1. The summed E-state index contributed by atoms with van der Waals surface area (Å²) in [6, 6.07) is 9.73. The maximum Gasteiger partial charge on any atom is 0.126 e. The first-order valence-corrected chi connectivity index (χ1v) is 7.30. The molecule has 0 fully saturated rings. The summed E-state index contributed by atoms with van der Waals surface area (Å²) in [6.07, 6.45) is 1.88. The van der Waals surface area contributed by atoms with Crippen molar-refractivity contribution in [2.24, 2.45) is 0 Å². The average molecular weight is 301 g/mol. The van der Waals surface area contributed by atoms with Gasteiger partial charge in [-0.15, -0.1) is 0 Å². The molecule has 0 unspecified atom stereocenters. The molecule has 0 spiro atoms. The van der Waals surface area contributed by atoms with Crippen LogP contribution in [0.4, 0.5) is 5.82 Å². The third kappa shape index (κ3) is 3.00. The van der Waals surface area contributed by atoms with Crippen LogP contribution in [0.25, 0.3) is 10.9 Å². The lowest BCUT2D eigenvalue weighted by molar-refractivity contribution is 0.704. The van der Waals surface area contributed by atoms with E-state index in [1.807, 2.05) is 43.6 Å². The van der Waals surface area contributed by atoms with E-state index in [4.69, 9.17) is 11.6 Å². The smallest absolute Gasteiger partial charge is 0.126 e. The monoisotopic (exact) mass is 300 g/mol. The lowest BCUT2D eigenvalue weighted by atomic mass is 10.2. The Hall–Kier alpha value is -2.07. The van der Waals surface area contributed by atoms with Crippen LogP contribution in [0, 0.1) is 13.8 Å². The van der Waals surface area contributed by atoms with E-state index < -0.39 is 0 Å². The van der Waals surface area contributed by atoms with Crippen molar-refractivity contribution in [1.82, 2.24) is 14.5 Å². The predicted molar refractivity (Wildman–Crippen MR) is 86.9 cm³/mol. The molecule has 21 heavy (non-hydrogen) atoms. The molecule has 3 aromatic rings. The molecule has 5 heteroatoms. The highest BCUT2D eigenvalue weighted by atomic mass is 35.5. The highest BCUT2D eigenvalue weighted by molar-refractivity contribution is 6.31. The molecule has 4 nitrogen and oxygen atoms in total. The van der Waals surface area contributed by atoms with Gasteiger partial charge in [-0.3, -0.25) is 0 Å². The Bertz CT molecular complexity index is 779. The number of hydrogen-bond donors (Lipinski definition) is 1. The van der Waals surface area contributed by atoms with Gasteiger partial charge in [-0.2, -0.15) is 0 Å². The van der Waals surface area contributed by atoms with Crippen molar-refractivity contribution < 1.29 is 0 Å². The zero-order valence-corrected chi connectivity index (χ0v) is 12.9. The highest BCUT2D eigenvalue weighted by Gasteiger charge is 2.02. The number of aryl methyl sites for hydroxylation is 1. The fraction of sp³-hybridized carbons (Fsp3) is 0.250. The van der Waals surface area contributed by atoms with Crippen LogP contribution in [0.2, 0.25) is 5.02 Å². The van der Waals surface area contributed by atoms with Gasteiger partial charge >= 0.3 is 0 Å². The van der Waals surface area contributed by atoms with Gasteiger partial charge in [0.25, 0.3) is 0 Å². The van der Waals surface area contributed by atoms with Gasteiger partial charge in [0.05, 0.1) is 17.5 Å². The van der Waals surface area contributed by atoms with Crippen LogP contribution in [0.5, 0.6) is 0 Å². The maximum atomic E-state index is 5.97. The first kappa shape index (κ1) is 13.9. The lowest BCUT2D eigenvalue weighted by Gasteiger charge is -2.09. The van der Waals surface area contributed by atoms with Crippen molar-refractivity contribution >= 4 is 28.3 Å². The minimum Gasteiger partial charge on any atom is -0.368 e.